The van der Waals surface area contributed by atoms with Crippen LogP contribution in [0.25, 0.3) is 0 Å². The molecule has 2 heterocycles. The lowest BCUT2D eigenvalue weighted by Crippen LogP contribution is -2.27. The molecule has 2 aromatic heterocycles. The molecule has 2 N–H and O–H groups in total. The number of nitrogens with zero attached hydrogens (tertiary/aromatic N) is 3. The van der Waals surface area contributed by atoms with Gasteiger partial charge in [0.25, 0.3) is 5.91 Å². The van der Waals surface area contributed by atoms with E-state index in [0.29, 0.717) is 11.4 Å². The second-order valence-electron chi connectivity index (χ2n) is 3.40. The summed E-state index contributed by atoms with van der Waals surface area (Å²) in [5.74, 6) is 0.482. The molecule has 2 aromatic rings. The van der Waals surface area contributed by atoms with Crippen molar-refractivity contribution in [1.82, 2.24) is 25.7 Å². The molecule has 7 heteroatoms. The molecular formula is C9H11N5O2. The minimum absolute atomic E-state index is 0.214. The maximum absolute atomic E-state index is 11.7. The number of aromatic amines is 1. The van der Waals surface area contributed by atoms with Crippen LogP contribution in [0.1, 0.15) is 34.9 Å². The minimum atomic E-state index is -0.320. The first kappa shape index (κ1) is 10.3. The largest absolute Gasteiger partial charge is 0.351 e. The van der Waals surface area contributed by atoms with E-state index < -0.39 is 0 Å². The number of aryl methyl sites for hydroxylation is 1. The summed E-state index contributed by atoms with van der Waals surface area (Å²) in [6, 6.07) is -0.264. The molecule has 84 valence electrons. The number of carbonyl (C=O) groups excluding carboxylic acids is 1. The molecule has 1 amide bonds. The lowest BCUT2D eigenvalue weighted by atomic mass is 10.2. The van der Waals surface area contributed by atoms with Gasteiger partial charge in [0.15, 0.2) is 0 Å². The predicted molar refractivity (Wildman–Crippen MR) is 53.5 cm³/mol. The van der Waals surface area contributed by atoms with Crippen LogP contribution in [-0.4, -0.2) is 26.2 Å². The number of aromatic nitrogens is 4. The smallest absolute Gasteiger partial charge is 0.290 e. The molecule has 0 radical (unpaired) electrons. The number of carbonyl (C=O) groups is 1. The Morgan fingerprint density at radius 3 is 3.00 bits per heavy atom. The molecule has 0 bridgehead atoms. The van der Waals surface area contributed by atoms with E-state index in [9.17, 15) is 4.79 Å². The van der Waals surface area contributed by atoms with Crippen LogP contribution < -0.4 is 5.32 Å². The van der Waals surface area contributed by atoms with E-state index in [-0.39, 0.29) is 17.7 Å². The van der Waals surface area contributed by atoms with Crippen molar-refractivity contribution in [3.63, 3.8) is 0 Å². The summed E-state index contributed by atoms with van der Waals surface area (Å²) < 4.78 is 4.84. The third-order valence-corrected chi connectivity index (χ3v) is 2.15. The van der Waals surface area contributed by atoms with Gasteiger partial charge in [-0.1, -0.05) is 5.16 Å². The summed E-state index contributed by atoms with van der Waals surface area (Å²) in [6.45, 7) is 3.55. The standard InChI is InChI=1S/C9H11N5O2/c1-5-3-12-16-7(5)9(15)13-6(2)8-10-4-11-14-8/h3-4,6H,1-2H3,(H,13,15)(H,10,11,14). The Kier molecular flexibility index (Phi) is 2.67. The molecule has 0 aromatic carbocycles. The van der Waals surface area contributed by atoms with Gasteiger partial charge >= 0.3 is 0 Å². The highest BCUT2D eigenvalue weighted by molar-refractivity contribution is 5.92. The molecule has 7 nitrogen and oxygen atoms in total. The predicted octanol–water partition coefficient (Wildman–Crippen LogP) is 0.592. The molecule has 0 spiro atoms. The van der Waals surface area contributed by atoms with Gasteiger partial charge in [0, 0.05) is 5.56 Å². The number of H-pyrrole nitrogens is 1. The van der Waals surface area contributed by atoms with Crippen molar-refractivity contribution in [2.45, 2.75) is 19.9 Å². The Morgan fingerprint density at radius 2 is 2.44 bits per heavy atom. The zero-order valence-corrected chi connectivity index (χ0v) is 8.89. The summed E-state index contributed by atoms with van der Waals surface area (Å²) in [7, 11) is 0. The van der Waals surface area contributed by atoms with Gasteiger partial charge in [-0.05, 0) is 13.8 Å². The zero-order valence-electron chi connectivity index (χ0n) is 8.89. The van der Waals surface area contributed by atoms with Gasteiger partial charge in [-0.3, -0.25) is 9.89 Å². The lowest BCUT2D eigenvalue weighted by molar-refractivity contribution is 0.0900. The fourth-order valence-corrected chi connectivity index (χ4v) is 1.26. The minimum Gasteiger partial charge on any atom is -0.351 e. The molecule has 0 saturated carbocycles. The number of nitrogens with one attached hydrogen (secondary N) is 2. The van der Waals surface area contributed by atoms with Gasteiger partial charge in [-0.25, -0.2) is 4.98 Å². The monoisotopic (exact) mass is 221 g/mol. The van der Waals surface area contributed by atoms with Crippen LogP contribution in [0.4, 0.5) is 0 Å². The Hall–Kier alpha value is -2.18. The van der Waals surface area contributed by atoms with Crippen LogP contribution in [0.15, 0.2) is 17.0 Å². The van der Waals surface area contributed by atoms with Crippen LogP contribution >= 0.6 is 0 Å². The van der Waals surface area contributed by atoms with Crippen LogP contribution in [0, 0.1) is 6.92 Å². The first-order chi connectivity index (χ1) is 7.68. The van der Waals surface area contributed by atoms with Crippen molar-refractivity contribution < 1.29 is 9.32 Å². The maximum Gasteiger partial charge on any atom is 0.290 e. The molecule has 0 fully saturated rings. The first-order valence-electron chi connectivity index (χ1n) is 4.76. The summed E-state index contributed by atoms with van der Waals surface area (Å²) >= 11 is 0. The average Bonchev–Trinajstić information content (AvgIpc) is 2.86. The number of hydrogen-bond acceptors (Lipinski definition) is 5. The van der Waals surface area contributed by atoms with E-state index in [1.54, 1.807) is 13.8 Å². The first-order valence-corrected chi connectivity index (χ1v) is 4.76. The van der Waals surface area contributed by atoms with Gasteiger partial charge in [0.2, 0.25) is 5.76 Å². The van der Waals surface area contributed by atoms with Crippen LogP contribution in [0.2, 0.25) is 0 Å². The van der Waals surface area contributed by atoms with Crippen LogP contribution in [-0.2, 0) is 0 Å². The molecule has 2 rings (SSSR count). The molecule has 0 aliphatic carbocycles. The second kappa shape index (κ2) is 4.13. The third kappa shape index (κ3) is 1.92. The van der Waals surface area contributed by atoms with Gasteiger partial charge < -0.3 is 9.84 Å². The van der Waals surface area contributed by atoms with Crippen molar-refractivity contribution in [3.8, 4) is 0 Å². The van der Waals surface area contributed by atoms with E-state index in [4.69, 9.17) is 4.52 Å². The van der Waals surface area contributed by atoms with Gasteiger partial charge in [0.1, 0.15) is 12.2 Å². The van der Waals surface area contributed by atoms with Crippen molar-refractivity contribution in [1.29, 1.82) is 0 Å². The molecule has 0 aliphatic rings. The van der Waals surface area contributed by atoms with Crippen molar-refractivity contribution in [2.75, 3.05) is 0 Å². The van der Waals surface area contributed by atoms with E-state index in [1.165, 1.54) is 12.5 Å². The number of hydrogen-bond donors (Lipinski definition) is 2. The van der Waals surface area contributed by atoms with Gasteiger partial charge in [-0.2, -0.15) is 5.10 Å². The summed E-state index contributed by atoms with van der Waals surface area (Å²) in [6.07, 6.45) is 2.88. The molecule has 0 saturated heterocycles. The summed E-state index contributed by atoms with van der Waals surface area (Å²) in [5, 5.41) is 12.6. The molecule has 0 aliphatic heterocycles. The van der Waals surface area contributed by atoms with Gasteiger partial charge in [-0.15, -0.1) is 0 Å². The highest BCUT2D eigenvalue weighted by Crippen LogP contribution is 2.09. The SMILES string of the molecule is Cc1cnoc1C(=O)NC(C)c1ncn[nH]1. The second-order valence-corrected chi connectivity index (χ2v) is 3.40. The van der Waals surface area contributed by atoms with Crippen molar-refractivity contribution in [2.24, 2.45) is 0 Å². The quantitative estimate of drug-likeness (QED) is 0.790. The average molecular weight is 221 g/mol. The van der Waals surface area contributed by atoms with Crippen molar-refractivity contribution in [3.05, 3.63) is 29.7 Å². The Bertz CT molecular complexity index is 476. The van der Waals surface area contributed by atoms with E-state index in [0.717, 1.165) is 0 Å². The molecule has 1 atom stereocenters. The summed E-state index contributed by atoms with van der Waals surface area (Å²) in [5.41, 5.74) is 0.697. The van der Waals surface area contributed by atoms with Crippen molar-refractivity contribution >= 4 is 5.91 Å². The maximum atomic E-state index is 11.7. The number of amides is 1. The summed E-state index contributed by atoms with van der Waals surface area (Å²) in [4.78, 5) is 15.7. The van der Waals surface area contributed by atoms with E-state index in [2.05, 4.69) is 25.7 Å². The molecular weight excluding hydrogens is 210 g/mol. The van der Waals surface area contributed by atoms with E-state index in [1.807, 2.05) is 0 Å². The fraction of sp³-hybridized carbons (Fsp3) is 0.333. The molecule has 1 unspecified atom stereocenters. The highest BCUT2D eigenvalue weighted by atomic mass is 16.5. The van der Waals surface area contributed by atoms with E-state index >= 15 is 0 Å². The topological polar surface area (TPSA) is 96.7 Å². The third-order valence-electron chi connectivity index (χ3n) is 2.15. The Balaban J connectivity index is 2.06. The normalized spacial score (nSPS) is 12.4. The Labute approximate surface area is 91.2 Å². The number of rotatable bonds is 3. The fourth-order valence-electron chi connectivity index (χ4n) is 1.26. The van der Waals surface area contributed by atoms with Crippen LogP contribution in [0.5, 0.6) is 0 Å². The highest BCUT2D eigenvalue weighted by Gasteiger charge is 2.18. The lowest BCUT2D eigenvalue weighted by Gasteiger charge is -2.09. The van der Waals surface area contributed by atoms with Gasteiger partial charge in [0.05, 0.1) is 12.2 Å². The Morgan fingerprint density at radius 1 is 1.62 bits per heavy atom. The van der Waals surface area contributed by atoms with Crippen LogP contribution in [0.3, 0.4) is 0 Å². The molecule has 16 heavy (non-hydrogen) atoms. The zero-order chi connectivity index (χ0) is 11.5.